The zero-order valence-electron chi connectivity index (χ0n) is 41.4. The average Bonchev–Trinajstić information content (AvgIpc) is 4.11. The van der Waals surface area contributed by atoms with E-state index in [2.05, 4.69) is 70.3 Å². The smallest absolute Gasteiger partial charge is 0.246 e. The number of halogens is 1. The lowest BCUT2D eigenvalue weighted by molar-refractivity contribution is -0.139. The number of aliphatic hydroxyl groups excluding tert-OH is 1. The molecule has 0 spiro atoms. The average molecular weight is 1030 g/mol. The van der Waals surface area contributed by atoms with Crippen LogP contribution in [0.15, 0.2) is 59.0 Å². The highest BCUT2D eigenvalue weighted by Gasteiger charge is 2.40. The molecule has 1 fully saturated rings. The number of amides is 4. The summed E-state index contributed by atoms with van der Waals surface area (Å²) in [5.74, 6) is -0.711. The predicted molar refractivity (Wildman–Crippen MR) is 274 cm³/mol. The molecule has 2 aromatic carbocycles. The molecule has 0 radical (unpaired) electrons. The van der Waals surface area contributed by atoms with E-state index in [9.17, 15) is 24.3 Å². The number of thiazole rings is 1. The Hall–Kier alpha value is -5.41. The van der Waals surface area contributed by atoms with E-state index in [1.165, 1.54) is 9.78 Å². The second-order valence-electron chi connectivity index (χ2n) is 19.0. The third kappa shape index (κ3) is 13.8. The molecular formula is C51H64ClN9O8S2. The van der Waals surface area contributed by atoms with Crippen LogP contribution >= 0.6 is 34.3 Å². The van der Waals surface area contributed by atoms with Gasteiger partial charge in [0.05, 0.1) is 73.4 Å². The molecule has 3 aromatic heterocycles. The van der Waals surface area contributed by atoms with Crippen LogP contribution in [-0.2, 0) is 39.9 Å². The van der Waals surface area contributed by atoms with Gasteiger partial charge in [-0.3, -0.25) is 28.7 Å². The molecule has 4 amide bonds. The lowest BCUT2D eigenvalue weighted by Crippen LogP contribution is -2.49. The molecule has 5 aromatic rings. The Morgan fingerprint density at radius 3 is 2.27 bits per heavy atom. The Bertz CT molecular complexity index is 2680. The molecule has 71 heavy (non-hydrogen) atoms. The summed E-state index contributed by atoms with van der Waals surface area (Å²) < 4.78 is 18.9. The van der Waals surface area contributed by atoms with Crippen LogP contribution in [0, 0.1) is 39.0 Å². The first-order chi connectivity index (χ1) is 34.0. The lowest BCUT2D eigenvalue weighted by Gasteiger charge is -2.26. The molecule has 0 saturated carbocycles. The fraction of sp³-hybridized carbons (Fsp3) is 0.490. The Labute approximate surface area is 427 Å². The highest BCUT2D eigenvalue weighted by atomic mass is 35.5. The van der Waals surface area contributed by atoms with Crippen molar-refractivity contribution in [1.82, 2.24) is 40.6 Å². The van der Waals surface area contributed by atoms with Crippen LogP contribution in [0.2, 0.25) is 5.02 Å². The van der Waals surface area contributed by atoms with Crippen LogP contribution in [0.1, 0.15) is 90.5 Å². The first kappa shape index (κ1) is 53.4. The van der Waals surface area contributed by atoms with Crippen molar-refractivity contribution in [2.24, 2.45) is 16.3 Å². The number of aryl methyl sites for hydroxylation is 3. The van der Waals surface area contributed by atoms with Gasteiger partial charge >= 0.3 is 0 Å². The summed E-state index contributed by atoms with van der Waals surface area (Å²) in [5.41, 5.74) is 8.48. The number of aliphatic hydroxyl groups is 1. The lowest BCUT2D eigenvalue weighted by atomic mass is 9.83. The minimum atomic E-state index is -0.860. The molecule has 4 N–H and O–H groups in total. The van der Waals surface area contributed by atoms with Gasteiger partial charge < -0.3 is 40.2 Å². The van der Waals surface area contributed by atoms with Crippen LogP contribution in [0.5, 0.6) is 0 Å². The molecule has 2 aliphatic rings. The Balaban J connectivity index is 0.811. The number of aromatic nitrogens is 4. The molecule has 4 atom stereocenters. The van der Waals surface area contributed by atoms with Crippen molar-refractivity contribution < 1.29 is 38.5 Å². The van der Waals surface area contributed by atoms with Crippen LogP contribution in [0.3, 0.4) is 0 Å². The number of ether oxygens (including phenoxy) is 3. The number of carbonyl (C=O) groups is 4. The van der Waals surface area contributed by atoms with E-state index >= 15 is 0 Å². The highest BCUT2D eigenvalue weighted by molar-refractivity contribution is 7.15. The van der Waals surface area contributed by atoms with Crippen LogP contribution in [0.25, 0.3) is 15.4 Å². The van der Waals surface area contributed by atoms with E-state index in [0.29, 0.717) is 17.3 Å². The molecule has 380 valence electrons. The summed E-state index contributed by atoms with van der Waals surface area (Å²) in [6.45, 7) is 15.6. The maximum Gasteiger partial charge on any atom is 0.246 e. The van der Waals surface area contributed by atoms with Crippen molar-refractivity contribution in [3.63, 3.8) is 0 Å². The van der Waals surface area contributed by atoms with Crippen molar-refractivity contribution in [3.8, 4) is 15.4 Å². The highest BCUT2D eigenvalue weighted by Crippen LogP contribution is 2.42. The van der Waals surface area contributed by atoms with E-state index in [-0.39, 0.29) is 89.5 Å². The van der Waals surface area contributed by atoms with Gasteiger partial charge in [0, 0.05) is 47.1 Å². The maximum absolute atomic E-state index is 14.3. The van der Waals surface area contributed by atoms with Gasteiger partial charge in [-0.15, -0.1) is 32.9 Å². The number of carbonyl (C=O) groups excluding carboxylic acids is 4. The standard InChI is InChI=1S/C51H64ClN9O8S2/c1-30-32(3)71-50-43(30)44(35-12-14-37(52)15-13-35)57-45(47-59-58-33(4)61(47)50)39(16-17-51(5,6)7)48(65)53-18-19-67-20-21-68-22-23-69-28-41(63)54-26-42(64)60-27-38(62)24-40(60)49(66)55-25-34-8-10-36(11-9-34)46-31(2)56-29-70-46/h8-15,29,38-40,45,62H,16-28H2,1-7H3,(H,53,65)(H,54,63)(H,55,66)/t38-,39-,40+,45+/m1/s1. The van der Waals surface area contributed by atoms with Crippen molar-refractivity contribution in [1.29, 1.82) is 0 Å². The summed E-state index contributed by atoms with van der Waals surface area (Å²) in [5, 5.41) is 29.6. The van der Waals surface area contributed by atoms with Crippen LogP contribution < -0.4 is 16.0 Å². The number of β-amino-alcohol motifs (C(OH)–C–C–N with tert-alkyl or cyclic N) is 1. The van der Waals surface area contributed by atoms with Gasteiger partial charge in [0.25, 0.3) is 0 Å². The van der Waals surface area contributed by atoms with E-state index in [0.717, 1.165) is 61.3 Å². The number of aliphatic imine (C=N–C) groups is 1. The number of hydrogen-bond acceptors (Lipinski definition) is 14. The predicted octanol–water partition coefficient (Wildman–Crippen LogP) is 6.23. The van der Waals surface area contributed by atoms with E-state index in [1.54, 1.807) is 28.2 Å². The molecule has 0 bridgehead atoms. The third-order valence-electron chi connectivity index (χ3n) is 12.5. The second kappa shape index (κ2) is 24.3. The fourth-order valence-electron chi connectivity index (χ4n) is 8.55. The zero-order chi connectivity index (χ0) is 50.8. The number of rotatable bonds is 22. The number of benzene rings is 2. The summed E-state index contributed by atoms with van der Waals surface area (Å²) in [6, 6.07) is 14.0. The minimum absolute atomic E-state index is 0.00875. The molecule has 5 heterocycles. The molecule has 7 rings (SSSR count). The van der Waals surface area contributed by atoms with E-state index in [1.807, 2.05) is 62.4 Å². The number of fused-ring (bicyclic) bond motifs is 3. The first-order valence-corrected chi connectivity index (χ1v) is 25.9. The van der Waals surface area contributed by atoms with Crippen molar-refractivity contribution >= 4 is 63.6 Å². The normalized spacial score (nSPS) is 17.0. The molecule has 17 nitrogen and oxygen atoms in total. The van der Waals surface area contributed by atoms with Gasteiger partial charge in [0.15, 0.2) is 5.82 Å². The largest absolute Gasteiger partial charge is 0.391 e. The molecule has 0 aliphatic carbocycles. The van der Waals surface area contributed by atoms with Gasteiger partial charge in [0.1, 0.15) is 29.5 Å². The Morgan fingerprint density at radius 1 is 0.887 bits per heavy atom. The van der Waals surface area contributed by atoms with Gasteiger partial charge in [-0.05, 0) is 74.8 Å². The number of likely N-dealkylation sites (tertiary alicyclic amines) is 1. The number of nitrogens with one attached hydrogen (secondary N) is 3. The number of nitrogens with zero attached hydrogens (tertiary/aromatic N) is 6. The molecule has 2 aliphatic heterocycles. The number of thiophene rings is 1. The summed E-state index contributed by atoms with van der Waals surface area (Å²) >= 11 is 9.56. The van der Waals surface area contributed by atoms with E-state index < -0.39 is 35.9 Å². The first-order valence-electron chi connectivity index (χ1n) is 23.9. The van der Waals surface area contributed by atoms with Gasteiger partial charge in [-0.25, -0.2) is 4.98 Å². The monoisotopic (exact) mass is 1030 g/mol. The van der Waals surface area contributed by atoms with Crippen molar-refractivity contribution in [2.45, 2.75) is 92.5 Å². The molecule has 0 unspecified atom stereocenters. The molecule has 20 heteroatoms. The third-order valence-corrected chi connectivity index (χ3v) is 14.9. The molecule has 1 saturated heterocycles. The molecular weight excluding hydrogens is 966 g/mol. The van der Waals surface area contributed by atoms with Gasteiger partial charge in [0.2, 0.25) is 23.6 Å². The number of hydrogen-bond donors (Lipinski definition) is 4. The van der Waals surface area contributed by atoms with E-state index in [4.69, 9.17) is 30.8 Å². The zero-order valence-corrected chi connectivity index (χ0v) is 43.8. The topological polar surface area (TPSA) is 211 Å². The summed E-state index contributed by atoms with van der Waals surface area (Å²) in [7, 11) is 0. The van der Waals surface area contributed by atoms with Gasteiger partial charge in [-0.1, -0.05) is 68.8 Å². The summed E-state index contributed by atoms with van der Waals surface area (Å²) in [4.78, 5) is 66.2. The van der Waals surface area contributed by atoms with Gasteiger partial charge in [-0.2, -0.15) is 0 Å². The van der Waals surface area contributed by atoms with Crippen molar-refractivity contribution in [2.75, 3.05) is 59.3 Å². The summed E-state index contributed by atoms with van der Waals surface area (Å²) in [6.07, 6.45) is 0.598. The Kier molecular flexibility index (Phi) is 18.3. The van der Waals surface area contributed by atoms with Crippen molar-refractivity contribution in [3.05, 3.63) is 104 Å². The Morgan fingerprint density at radius 2 is 1.58 bits per heavy atom. The fourth-order valence-corrected chi connectivity index (χ4v) is 10.7. The van der Waals surface area contributed by atoms with Crippen LogP contribution in [0.4, 0.5) is 0 Å². The maximum atomic E-state index is 14.3. The SMILES string of the molecule is Cc1ncsc1-c1ccc(CNC(=O)[C@@H]2C[C@@H](O)CN2C(=O)CNC(=O)COCCOCCOCCNC(=O)[C@H](CCC(C)(C)C)[C@@H]2N=C(c3ccc(Cl)cc3)c3c(sc(C)c3C)-n3c(C)nnc32)cc1. The second-order valence-corrected chi connectivity index (χ2v) is 21.5. The minimum Gasteiger partial charge on any atom is -0.391 e. The quantitative estimate of drug-likeness (QED) is 0.0571. The van der Waals surface area contributed by atoms with Crippen LogP contribution in [-0.4, -0.2) is 131 Å².